The lowest BCUT2D eigenvalue weighted by Gasteiger charge is -2.32. The van der Waals surface area contributed by atoms with E-state index in [0.29, 0.717) is 22.8 Å². The molecule has 3 aromatic carbocycles. The molecule has 0 aromatic heterocycles. The van der Waals surface area contributed by atoms with Gasteiger partial charge in [-0.05, 0) is 48.9 Å². The second-order valence-corrected chi connectivity index (χ2v) is 11.1. The lowest BCUT2D eigenvalue weighted by molar-refractivity contribution is -0.139. The van der Waals surface area contributed by atoms with Crippen LogP contribution in [0.15, 0.2) is 65.6 Å². The van der Waals surface area contributed by atoms with E-state index in [-0.39, 0.29) is 28.6 Å². The van der Waals surface area contributed by atoms with Crippen LogP contribution in [0.1, 0.15) is 12.5 Å². The fourth-order valence-electron chi connectivity index (χ4n) is 4.37. The monoisotopic (exact) mass is 615 g/mol. The van der Waals surface area contributed by atoms with Gasteiger partial charge in [-0.3, -0.25) is 13.9 Å². The van der Waals surface area contributed by atoms with E-state index in [1.165, 1.54) is 77.8 Å². The molecular weight excluding hydrogens is 578 g/mol. The van der Waals surface area contributed by atoms with Crippen molar-refractivity contribution in [3.8, 4) is 28.7 Å². The Balaban J connectivity index is 2.17. The summed E-state index contributed by atoms with van der Waals surface area (Å²) in [6.07, 6.45) is 0. The molecule has 0 heterocycles. The Morgan fingerprint density at radius 3 is 2.02 bits per heavy atom. The molecular formula is C30H37N3O9S. The molecule has 0 spiro atoms. The largest absolute Gasteiger partial charge is 0.497 e. The number of nitrogens with one attached hydrogen (secondary N) is 1. The number of benzene rings is 3. The highest BCUT2D eigenvalue weighted by Gasteiger charge is 2.34. The maximum absolute atomic E-state index is 14.3. The highest BCUT2D eigenvalue weighted by atomic mass is 32.2. The number of ether oxygens (including phenoxy) is 5. The van der Waals surface area contributed by atoms with Gasteiger partial charge in [-0.25, -0.2) is 8.42 Å². The fraction of sp³-hybridized carbons (Fsp3) is 0.333. The van der Waals surface area contributed by atoms with E-state index in [0.717, 1.165) is 4.31 Å². The summed E-state index contributed by atoms with van der Waals surface area (Å²) in [5, 5.41) is 2.55. The van der Waals surface area contributed by atoms with Gasteiger partial charge in [-0.1, -0.05) is 12.1 Å². The minimum atomic E-state index is -4.44. The van der Waals surface area contributed by atoms with Gasteiger partial charge in [-0.15, -0.1) is 0 Å². The number of nitrogens with zero attached hydrogens (tertiary/aromatic N) is 2. The zero-order valence-corrected chi connectivity index (χ0v) is 26.1. The molecule has 0 aliphatic heterocycles. The van der Waals surface area contributed by atoms with Crippen LogP contribution >= 0.6 is 0 Å². The van der Waals surface area contributed by atoms with Crippen molar-refractivity contribution in [1.82, 2.24) is 10.2 Å². The van der Waals surface area contributed by atoms with E-state index in [1.54, 1.807) is 37.3 Å². The summed E-state index contributed by atoms with van der Waals surface area (Å²) in [5.74, 6) is 0.514. The summed E-state index contributed by atoms with van der Waals surface area (Å²) in [4.78, 5) is 28.0. The molecule has 2 amide bonds. The molecule has 0 fully saturated rings. The first-order chi connectivity index (χ1) is 20.5. The highest BCUT2D eigenvalue weighted by molar-refractivity contribution is 7.92. The molecule has 0 saturated carbocycles. The Morgan fingerprint density at radius 2 is 1.42 bits per heavy atom. The Hall–Kier alpha value is -4.65. The van der Waals surface area contributed by atoms with Crippen molar-refractivity contribution in [2.75, 3.05) is 53.4 Å². The molecule has 13 heteroatoms. The fourth-order valence-corrected chi connectivity index (χ4v) is 5.80. The molecule has 232 valence electrons. The number of hydrogen-bond donors (Lipinski definition) is 1. The summed E-state index contributed by atoms with van der Waals surface area (Å²) in [7, 11) is 4.18. The van der Waals surface area contributed by atoms with Crippen molar-refractivity contribution in [2.24, 2.45) is 0 Å². The van der Waals surface area contributed by atoms with E-state index < -0.39 is 34.4 Å². The van der Waals surface area contributed by atoms with Crippen molar-refractivity contribution in [1.29, 1.82) is 0 Å². The van der Waals surface area contributed by atoms with Crippen LogP contribution in [0.25, 0.3) is 0 Å². The van der Waals surface area contributed by atoms with Crippen LogP contribution in [0.3, 0.4) is 0 Å². The van der Waals surface area contributed by atoms with Gasteiger partial charge in [0.05, 0.1) is 46.1 Å². The average molecular weight is 616 g/mol. The van der Waals surface area contributed by atoms with Crippen LogP contribution in [0.4, 0.5) is 5.69 Å². The van der Waals surface area contributed by atoms with Gasteiger partial charge in [0.1, 0.15) is 29.8 Å². The Labute approximate surface area is 252 Å². The summed E-state index contributed by atoms with van der Waals surface area (Å²) in [5.41, 5.74) is 0.732. The third-order valence-corrected chi connectivity index (χ3v) is 8.53. The van der Waals surface area contributed by atoms with Crippen LogP contribution in [0.2, 0.25) is 0 Å². The number of likely N-dealkylation sites (N-methyl/N-ethyl adjacent to an activating group) is 1. The van der Waals surface area contributed by atoms with Crippen LogP contribution in [-0.4, -0.2) is 80.3 Å². The van der Waals surface area contributed by atoms with Gasteiger partial charge in [-0.2, -0.15) is 0 Å². The number of amides is 2. The van der Waals surface area contributed by atoms with E-state index in [9.17, 15) is 18.0 Å². The van der Waals surface area contributed by atoms with Crippen LogP contribution in [0.5, 0.6) is 28.7 Å². The topological polar surface area (TPSA) is 133 Å². The summed E-state index contributed by atoms with van der Waals surface area (Å²) >= 11 is 0. The molecule has 0 radical (unpaired) electrons. The first-order valence-electron chi connectivity index (χ1n) is 13.1. The van der Waals surface area contributed by atoms with Crippen LogP contribution in [0, 0.1) is 0 Å². The predicted octanol–water partition coefficient (Wildman–Crippen LogP) is 3.09. The zero-order chi connectivity index (χ0) is 31.7. The second-order valence-electron chi connectivity index (χ2n) is 9.23. The van der Waals surface area contributed by atoms with Gasteiger partial charge >= 0.3 is 0 Å². The number of anilines is 1. The Kier molecular flexibility index (Phi) is 11.1. The molecule has 3 rings (SSSR count). The number of hydrogen-bond acceptors (Lipinski definition) is 9. The lowest BCUT2D eigenvalue weighted by atomic mass is 10.1. The number of rotatable bonds is 14. The number of sulfonamides is 1. The predicted molar refractivity (Wildman–Crippen MR) is 161 cm³/mol. The molecule has 12 nitrogen and oxygen atoms in total. The van der Waals surface area contributed by atoms with Gasteiger partial charge < -0.3 is 33.9 Å². The van der Waals surface area contributed by atoms with Crippen LogP contribution < -0.4 is 33.3 Å². The standard InChI is InChI=1S/C30H37N3O9S/c1-20(30(35)31-2)32(18-21-9-8-10-22(15-21)38-3)29(34)19-33(25-16-23(39-4)11-13-26(25)40-5)43(36,37)24-12-14-27(41-6)28(17-24)42-7/h8-17,20H,18-19H2,1-7H3,(H,31,35). The van der Waals surface area contributed by atoms with Gasteiger partial charge in [0.2, 0.25) is 11.8 Å². The van der Waals surface area contributed by atoms with Gasteiger partial charge in [0, 0.05) is 25.7 Å². The van der Waals surface area contributed by atoms with E-state index in [4.69, 9.17) is 23.7 Å². The summed E-state index contributed by atoms with van der Waals surface area (Å²) in [6.45, 7) is 0.895. The van der Waals surface area contributed by atoms with Crippen molar-refractivity contribution in [2.45, 2.75) is 24.4 Å². The SMILES string of the molecule is CNC(=O)C(C)N(Cc1cccc(OC)c1)C(=O)CN(c1cc(OC)ccc1OC)S(=O)(=O)c1ccc(OC)c(OC)c1. The van der Waals surface area contributed by atoms with Crippen molar-refractivity contribution >= 4 is 27.5 Å². The third kappa shape index (κ3) is 7.41. The number of carbonyl (C=O) groups excluding carboxylic acids is 2. The van der Waals surface area contributed by atoms with E-state index >= 15 is 0 Å². The number of methoxy groups -OCH3 is 5. The smallest absolute Gasteiger partial charge is 0.265 e. The maximum atomic E-state index is 14.3. The third-order valence-electron chi connectivity index (χ3n) is 6.78. The van der Waals surface area contributed by atoms with Crippen molar-refractivity contribution < 1.29 is 41.7 Å². The lowest BCUT2D eigenvalue weighted by Crippen LogP contribution is -2.50. The molecule has 43 heavy (non-hydrogen) atoms. The van der Waals surface area contributed by atoms with E-state index in [2.05, 4.69) is 5.32 Å². The first-order valence-corrected chi connectivity index (χ1v) is 14.6. The maximum Gasteiger partial charge on any atom is 0.265 e. The first kappa shape index (κ1) is 32.9. The molecule has 0 saturated heterocycles. The summed E-state index contributed by atoms with van der Waals surface area (Å²) < 4.78 is 56.3. The summed E-state index contributed by atoms with van der Waals surface area (Å²) in [6, 6.07) is 14.8. The van der Waals surface area contributed by atoms with Gasteiger partial charge in [0.15, 0.2) is 11.5 Å². The molecule has 1 atom stereocenters. The molecule has 0 bridgehead atoms. The highest BCUT2D eigenvalue weighted by Crippen LogP contribution is 2.37. The van der Waals surface area contributed by atoms with Crippen molar-refractivity contribution in [3.63, 3.8) is 0 Å². The quantitative estimate of drug-likeness (QED) is 0.291. The van der Waals surface area contributed by atoms with Gasteiger partial charge in [0.25, 0.3) is 10.0 Å². The minimum absolute atomic E-state index is 0.00408. The number of carbonyl (C=O) groups is 2. The van der Waals surface area contributed by atoms with E-state index in [1.807, 2.05) is 0 Å². The second kappa shape index (κ2) is 14.5. The Morgan fingerprint density at radius 1 is 0.791 bits per heavy atom. The molecule has 1 unspecified atom stereocenters. The Bertz CT molecular complexity index is 1550. The zero-order valence-electron chi connectivity index (χ0n) is 25.2. The molecule has 1 N–H and O–H groups in total. The molecule has 0 aliphatic carbocycles. The van der Waals surface area contributed by atoms with Crippen molar-refractivity contribution in [3.05, 3.63) is 66.2 Å². The molecule has 3 aromatic rings. The molecule has 0 aliphatic rings. The van der Waals surface area contributed by atoms with Crippen LogP contribution in [-0.2, 0) is 26.2 Å². The normalized spacial score (nSPS) is 11.6. The minimum Gasteiger partial charge on any atom is -0.497 e. The average Bonchev–Trinajstić information content (AvgIpc) is 3.04.